The Morgan fingerprint density at radius 3 is 2.36 bits per heavy atom. The van der Waals surface area contributed by atoms with Crippen molar-refractivity contribution < 1.29 is 26.8 Å². The number of amides is 2. The summed E-state index contributed by atoms with van der Waals surface area (Å²) >= 11 is 0. The normalized spacial score (nSPS) is 17.5. The van der Waals surface area contributed by atoms with E-state index in [1.807, 2.05) is 19.1 Å². The Morgan fingerprint density at radius 1 is 1.03 bits per heavy atom. The standard InChI is InChI=1S/C21H21F2N5O4S/c1-14-2-5-16(6-3-14)28-19(29)13-24-20(25-28)21(30)26-8-10-27(11-9-26)33(31,32)18-12-15(22)4-7-17(18)23/h2-7,12H,8-11,13H2,1H3,(H,24,25). The number of sulfonamides is 1. The summed E-state index contributed by atoms with van der Waals surface area (Å²) in [5, 5.41) is 1.24. The van der Waals surface area contributed by atoms with Crippen molar-refractivity contribution in [3.05, 3.63) is 59.7 Å². The van der Waals surface area contributed by atoms with E-state index in [4.69, 9.17) is 0 Å². The molecule has 0 radical (unpaired) electrons. The van der Waals surface area contributed by atoms with E-state index < -0.39 is 32.5 Å². The van der Waals surface area contributed by atoms with E-state index in [2.05, 4.69) is 10.4 Å². The molecule has 0 unspecified atom stereocenters. The van der Waals surface area contributed by atoms with Gasteiger partial charge in [0.2, 0.25) is 15.9 Å². The van der Waals surface area contributed by atoms with E-state index in [-0.39, 0.29) is 44.5 Å². The fraction of sp³-hybridized carbons (Fsp3) is 0.286. The van der Waals surface area contributed by atoms with Crippen LogP contribution in [0, 0.1) is 18.6 Å². The minimum absolute atomic E-state index is 0.0220. The zero-order chi connectivity index (χ0) is 23.8. The van der Waals surface area contributed by atoms with Crippen LogP contribution in [0.3, 0.4) is 0 Å². The van der Waals surface area contributed by atoms with Gasteiger partial charge in [-0.25, -0.2) is 22.2 Å². The van der Waals surface area contributed by atoms with Crippen LogP contribution < -0.4 is 10.4 Å². The van der Waals surface area contributed by atoms with Crippen LogP contribution in [0.15, 0.2) is 52.4 Å². The van der Waals surface area contributed by atoms with Crippen LogP contribution in [-0.4, -0.2) is 68.0 Å². The molecule has 2 heterocycles. The molecule has 0 spiro atoms. The van der Waals surface area contributed by atoms with Crippen molar-refractivity contribution in [2.45, 2.75) is 11.8 Å². The number of nitrogens with zero attached hydrogens (tertiary/aromatic N) is 4. The predicted molar refractivity (Wildman–Crippen MR) is 116 cm³/mol. The third-order valence-electron chi connectivity index (χ3n) is 5.37. The summed E-state index contributed by atoms with van der Waals surface area (Å²) in [6, 6.07) is 9.38. The highest BCUT2D eigenvalue weighted by Gasteiger charge is 2.35. The smallest absolute Gasteiger partial charge is 0.290 e. The number of carbonyl (C=O) groups excluding carboxylic acids is 2. The van der Waals surface area contributed by atoms with E-state index in [0.717, 1.165) is 22.0 Å². The van der Waals surface area contributed by atoms with Crippen molar-refractivity contribution in [1.82, 2.24) is 14.6 Å². The molecule has 4 rings (SSSR count). The van der Waals surface area contributed by atoms with Gasteiger partial charge in [-0.1, -0.05) is 17.7 Å². The first-order valence-corrected chi connectivity index (χ1v) is 11.6. The Balaban J connectivity index is 1.43. The molecule has 12 heteroatoms. The maximum absolute atomic E-state index is 14.0. The zero-order valence-corrected chi connectivity index (χ0v) is 18.5. The van der Waals surface area contributed by atoms with E-state index in [1.54, 1.807) is 12.1 Å². The van der Waals surface area contributed by atoms with Gasteiger partial charge in [0.25, 0.3) is 11.8 Å². The Morgan fingerprint density at radius 2 is 1.70 bits per heavy atom. The number of benzene rings is 2. The number of amidine groups is 1. The fourth-order valence-corrected chi connectivity index (χ4v) is 5.03. The summed E-state index contributed by atoms with van der Waals surface area (Å²) in [6.45, 7) is 1.54. The van der Waals surface area contributed by atoms with Gasteiger partial charge < -0.3 is 4.90 Å². The number of anilines is 1. The molecule has 2 aromatic rings. The van der Waals surface area contributed by atoms with E-state index in [9.17, 15) is 26.8 Å². The lowest BCUT2D eigenvalue weighted by Crippen LogP contribution is -2.59. The third kappa shape index (κ3) is 4.57. The molecule has 0 saturated carbocycles. The minimum atomic E-state index is -4.26. The Kier molecular flexibility index (Phi) is 6.13. The van der Waals surface area contributed by atoms with Crippen molar-refractivity contribution in [3.63, 3.8) is 0 Å². The molecule has 33 heavy (non-hydrogen) atoms. The molecule has 1 N–H and O–H groups in total. The molecule has 1 saturated heterocycles. The highest BCUT2D eigenvalue weighted by atomic mass is 32.2. The molecule has 1 fully saturated rings. The van der Waals surface area contributed by atoms with Gasteiger partial charge in [-0.05, 0) is 37.3 Å². The number of rotatable bonds is 4. The van der Waals surface area contributed by atoms with Gasteiger partial charge in [0, 0.05) is 26.2 Å². The van der Waals surface area contributed by atoms with Crippen molar-refractivity contribution in [3.8, 4) is 0 Å². The molecule has 2 aliphatic rings. The molecule has 0 bridgehead atoms. The molecule has 2 aromatic carbocycles. The Hall–Kier alpha value is -3.38. The fourth-order valence-electron chi connectivity index (χ4n) is 3.53. The van der Waals surface area contributed by atoms with Crippen LogP contribution in [0.4, 0.5) is 14.5 Å². The second-order valence-corrected chi connectivity index (χ2v) is 9.52. The summed E-state index contributed by atoms with van der Waals surface area (Å²) in [5.41, 5.74) is 4.30. The van der Waals surface area contributed by atoms with Crippen molar-refractivity contribution in [2.75, 3.05) is 37.7 Å². The van der Waals surface area contributed by atoms with Gasteiger partial charge in [-0.15, -0.1) is 0 Å². The van der Waals surface area contributed by atoms with Gasteiger partial charge in [0.1, 0.15) is 23.1 Å². The van der Waals surface area contributed by atoms with Gasteiger partial charge >= 0.3 is 0 Å². The Bertz CT molecular complexity index is 1230. The number of aryl methyl sites for hydroxylation is 1. The van der Waals surface area contributed by atoms with E-state index >= 15 is 0 Å². The maximum atomic E-state index is 14.0. The summed E-state index contributed by atoms with van der Waals surface area (Å²) in [6.07, 6.45) is 0. The maximum Gasteiger partial charge on any atom is 0.290 e. The minimum Gasteiger partial charge on any atom is -0.333 e. The van der Waals surface area contributed by atoms with E-state index in [0.29, 0.717) is 11.8 Å². The lowest BCUT2D eigenvalue weighted by Gasteiger charge is -2.35. The van der Waals surface area contributed by atoms with Crippen molar-refractivity contribution >= 4 is 33.4 Å². The Labute approximate surface area is 189 Å². The van der Waals surface area contributed by atoms with Crippen LogP contribution in [0.25, 0.3) is 0 Å². The lowest BCUT2D eigenvalue weighted by atomic mass is 10.2. The van der Waals surface area contributed by atoms with Crippen LogP contribution >= 0.6 is 0 Å². The quantitative estimate of drug-likeness (QED) is 0.710. The molecular formula is C21H21F2N5O4S. The predicted octanol–water partition coefficient (Wildman–Crippen LogP) is 1.06. The lowest BCUT2D eigenvalue weighted by molar-refractivity contribution is -0.125. The number of aliphatic imine (C=N–C) groups is 1. The number of hydrogen-bond acceptors (Lipinski definition) is 6. The highest BCUT2D eigenvalue weighted by molar-refractivity contribution is 7.89. The topological polar surface area (TPSA) is 102 Å². The van der Waals surface area contributed by atoms with Gasteiger partial charge in [-0.2, -0.15) is 4.31 Å². The number of hydrogen-bond donors (Lipinski definition) is 1. The van der Waals surface area contributed by atoms with Crippen LogP contribution in [0.1, 0.15) is 5.56 Å². The number of nitrogens with one attached hydrogen (secondary N) is 1. The second-order valence-electron chi connectivity index (χ2n) is 7.61. The molecular weight excluding hydrogens is 456 g/mol. The van der Waals surface area contributed by atoms with Crippen molar-refractivity contribution in [2.24, 2.45) is 4.99 Å². The zero-order valence-electron chi connectivity index (χ0n) is 17.7. The van der Waals surface area contributed by atoms with Crippen LogP contribution in [0.2, 0.25) is 0 Å². The average molecular weight is 477 g/mol. The van der Waals surface area contributed by atoms with Gasteiger partial charge in [-0.3, -0.25) is 20.0 Å². The monoisotopic (exact) mass is 477 g/mol. The SMILES string of the molecule is Cc1ccc(N2NC(C(=O)N3CCN(S(=O)(=O)c4cc(F)ccc4F)CC3)=NCC2=O)cc1. The largest absolute Gasteiger partial charge is 0.333 e. The van der Waals surface area contributed by atoms with Gasteiger partial charge in [0.05, 0.1) is 5.69 Å². The molecule has 2 amide bonds. The molecule has 2 aliphatic heterocycles. The first-order chi connectivity index (χ1) is 15.7. The number of piperazine rings is 1. The van der Waals surface area contributed by atoms with Crippen LogP contribution in [-0.2, 0) is 19.6 Å². The summed E-state index contributed by atoms with van der Waals surface area (Å²) < 4.78 is 53.9. The first kappa shape index (κ1) is 22.8. The molecule has 0 atom stereocenters. The first-order valence-electron chi connectivity index (χ1n) is 10.1. The summed E-state index contributed by atoms with van der Waals surface area (Å²) in [7, 11) is -4.26. The molecule has 0 aliphatic carbocycles. The number of hydrazine groups is 1. The van der Waals surface area contributed by atoms with Crippen LogP contribution in [0.5, 0.6) is 0 Å². The average Bonchev–Trinajstić information content (AvgIpc) is 2.81. The summed E-state index contributed by atoms with van der Waals surface area (Å²) in [4.78, 5) is 29.9. The van der Waals surface area contributed by atoms with E-state index in [1.165, 1.54) is 9.91 Å². The summed E-state index contributed by atoms with van der Waals surface area (Å²) in [5.74, 6) is -2.77. The van der Waals surface area contributed by atoms with Crippen molar-refractivity contribution in [1.29, 1.82) is 0 Å². The molecule has 174 valence electrons. The number of carbonyl (C=O) groups is 2. The molecule has 0 aromatic heterocycles. The second kappa shape index (κ2) is 8.87. The molecule has 9 nitrogen and oxygen atoms in total. The number of halogens is 2. The van der Waals surface area contributed by atoms with Gasteiger partial charge in [0.15, 0.2) is 0 Å². The highest BCUT2D eigenvalue weighted by Crippen LogP contribution is 2.22. The third-order valence-corrected chi connectivity index (χ3v) is 7.28.